The number of aromatic nitrogens is 1. The Morgan fingerprint density at radius 3 is 2.41 bits per heavy atom. The highest BCUT2D eigenvalue weighted by atomic mass is 19.1. The summed E-state index contributed by atoms with van der Waals surface area (Å²) in [6, 6.07) is 19.7. The third-order valence-corrected chi connectivity index (χ3v) is 6.02. The number of para-hydroxylation sites is 1. The third kappa shape index (κ3) is 3.69. The third-order valence-electron chi connectivity index (χ3n) is 6.02. The molecule has 1 unspecified atom stereocenters. The van der Waals surface area contributed by atoms with E-state index in [0.717, 1.165) is 34.2 Å². The highest BCUT2D eigenvalue weighted by Crippen LogP contribution is 2.41. The van der Waals surface area contributed by atoms with Gasteiger partial charge in [0, 0.05) is 40.8 Å². The van der Waals surface area contributed by atoms with Crippen molar-refractivity contribution in [2.24, 2.45) is 7.05 Å². The molecule has 1 aliphatic heterocycles. The smallest absolute Gasteiger partial charge is 0.269 e. The molecule has 3 aromatic carbocycles. The topological polar surface area (TPSA) is 83.4 Å². The number of benzene rings is 3. The van der Waals surface area contributed by atoms with Gasteiger partial charge in [-0.25, -0.2) is 4.39 Å². The largest absolute Gasteiger partial charge is 0.350 e. The molecule has 0 bridgehead atoms. The number of hydrazine groups is 1. The van der Waals surface area contributed by atoms with Crippen LogP contribution in [0.3, 0.4) is 0 Å². The number of halogens is 1. The maximum atomic E-state index is 13.3. The van der Waals surface area contributed by atoms with Crippen molar-refractivity contribution in [2.75, 3.05) is 6.54 Å². The Hall–Kier alpha value is -4.46. The number of carbonyl (C=O) groups is 3. The number of nitrogens with zero attached hydrogens (tertiary/aromatic N) is 2. The molecule has 1 aliphatic rings. The van der Waals surface area contributed by atoms with Crippen LogP contribution in [0, 0.1) is 5.82 Å². The molecule has 0 aliphatic carbocycles. The fourth-order valence-electron chi connectivity index (χ4n) is 4.45. The molecule has 2 heterocycles. The second-order valence-electron chi connectivity index (χ2n) is 8.14. The zero-order valence-electron chi connectivity index (χ0n) is 18.3. The van der Waals surface area contributed by atoms with E-state index in [0.29, 0.717) is 5.56 Å². The Morgan fingerprint density at radius 2 is 1.62 bits per heavy atom. The predicted octanol–water partition coefficient (Wildman–Crippen LogP) is 3.32. The Morgan fingerprint density at radius 1 is 0.912 bits per heavy atom. The quantitative estimate of drug-likeness (QED) is 0.462. The minimum Gasteiger partial charge on any atom is -0.350 e. The Bertz CT molecular complexity index is 1430. The van der Waals surface area contributed by atoms with E-state index >= 15 is 0 Å². The van der Waals surface area contributed by atoms with Crippen LogP contribution < -0.4 is 10.9 Å². The molecule has 0 fully saturated rings. The van der Waals surface area contributed by atoms with E-state index in [1.807, 2.05) is 54.2 Å². The van der Waals surface area contributed by atoms with Gasteiger partial charge in [-0.3, -0.25) is 25.2 Å². The summed E-state index contributed by atoms with van der Waals surface area (Å²) < 4.78 is 15.1. The standard InChI is InChI=1S/C26H21FN4O3/c1-30-14-21(18-6-4-5-9-22(18)30)24-19-7-2-3-8-20(19)26(34)31(24)15-23(32)28-29-25(33)16-10-12-17(27)13-11-16/h2-14,24H,15H2,1H3,(H,28,32)(H,29,33). The van der Waals surface area contributed by atoms with Crippen LogP contribution in [0.2, 0.25) is 0 Å². The summed E-state index contributed by atoms with van der Waals surface area (Å²) >= 11 is 0. The molecule has 8 heteroatoms. The van der Waals surface area contributed by atoms with E-state index in [2.05, 4.69) is 10.9 Å². The van der Waals surface area contributed by atoms with E-state index < -0.39 is 23.7 Å². The van der Waals surface area contributed by atoms with E-state index in [9.17, 15) is 18.8 Å². The van der Waals surface area contributed by atoms with Gasteiger partial charge < -0.3 is 9.47 Å². The fourth-order valence-corrected chi connectivity index (χ4v) is 4.45. The Balaban J connectivity index is 1.40. The number of fused-ring (bicyclic) bond motifs is 2. The first-order valence-corrected chi connectivity index (χ1v) is 10.7. The van der Waals surface area contributed by atoms with Crippen molar-refractivity contribution in [1.29, 1.82) is 0 Å². The van der Waals surface area contributed by atoms with Gasteiger partial charge in [-0.2, -0.15) is 0 Å². The summed E-state index contributed by atoms with van der Waals surface area (Å²) in [6.07, 6.45) is 1.98. The van der Waals surface area contributed by atoms with Gasteiger partial charge in [0.1, 0.15) is 12.4 Å². The van der Waals surface area contributed by atoms with E-state index in [-0.39, 0.29) is 18.0 Å². The molecule has 4 aromatic rings. The molecule has 0 saturated heterocycles. The molecule has 5 rings (SSSR count). The summed E-state index contributed by atoms with van der Waals surface area (Å²) in [5, 5.41) is 0.995. The number of hydrogen-bond donors (Lipinski definition) is 2. The van der Waals surface area contributed by atoms with E-state index in [1.54, 1.807) is 12.1 Å². The average Bonchev–Trinajstić information content (AvgIpc) is 3.32. The molecule has 1 aromatic heterocycles. The molecular formula is C26H21FN4O3. The fraction of sp³-hybridized carbons (Fsp3) is 0.115. The van der Waals surface area contributed by atoms with Crippen LogP contribution in [0.5, 0.6) is 0 Å². The van der Waals surface area contributed by atoms with Crippen molar-refractivity contribution in [1.82, 2.24) is 20.3 Å². The molecular weight excluding hydrogens is 435 g/mol. The summed E-state index contributed by atoms with van der Waals surface area (Å²) in [5.74, 6) is -1.86. The lowest BCUT2D eigenvalue weighted by molar-refractivity contribution is -0.122. The van der Waals surface area contributed by atoms with Gasteiger partial charge in [0.15, 0.2) is 0 Å². The maximum Gasteiger partial charge on any atom is 0.269 e. The number of hydrogen-bond acceptors (Lipinski definition) is 3. The van der Waals surface area contributed by atoms with Crippen molar-refractivity contribution in [3.8, 4) is 0 Å². The van der Waals surface area contributed by atoms with Gasteiger partial charge in [0.25, 0.3) is 17.7 Å². The average molecular weight is 456 g/mol. The van der Waals surface area contributed by atoms with E-state index in [4.69, 9.17) is 0 Å². The number of aryl methyl sites for hydroxylation is 1. The lowest BCUT2D eigenvalue weighted by Crippen LogP contribution is -2.47. The molecule has 1 atom stereocenters. The molecule has 34 heavy (non-hydrogen) atoms. The number of amides is 3. The molecule has 0 saturated carbocycles. The van der Waals surface area contributed by atoms with Crippen LogP contribution in [0.25, 0.3) is 10.9 Å². The van der Waals surface area contributed by atoms with Crippen molar-refractivity contribution in [2.45, 2.75) is 6.04 Å². The van der Waals surface area contributed by atoms with Crippen molar-refractivity contribution in [3.63, 3.8) is 0 Å². The highest BCUT2D eigenvalue weighted by Gasteiger charge is 2.39. The normalized spacial score (nSPS) is 14.8. The molecule has 0 spiro atoms. The van der Waals surface area contributed by atoms with Gasteiger partial charge in [-0.05, 0) is 42.0 Å². The number of carbonyl (C=O) groups excluding carboxylic acids is 3. The SMILES string of the molecule is Cn1cc(C2c3ccccc3C(=O)N2CC(=O)NNC(=O)c2ccc(F)cc2)c2ccccc21. The zero-order chi connectivity index (χ0) is 23.8. The molecule has 0 radical (unpaired) electrons. The summed E-state index contributed by atoms with van der Waals surface area (Å²) in [6.45, 7) is -0.259. The number of nitrogens with one attached hydrogen (secondary N) is 2. The van der Waals surface area contributed by atoms with Gasteiger partial charge in [-0.15, -0.1) is 0 Å². The van der Waals surface area contributed by atoms with Crippen molar-refractivity contribution >= 4 is 28.6 Å². The van der Waals surface area contributed by atoms with Crippen molar-refractivity contribution < 1.29 is 18.8 Å². The van der Waals surface area contributed by atoms with Crippen LogP contribution in [0.15, 0.2) is 79.0 Å². The first kappa shape index (κ1) is 21.4. The summed E-state index contributed by atoms with van der Waals surface area (Å²) in [4.78, 5) is 39.8. The molecule has 2 N–H and O–H groups in total. The molecule has 170 valence electrons. The van der Waals surface area contributed by atoms with Crippen LogP contribution >= 0.6 is 0 Å². The predicted molar refractivity (Wildman–Crippen MR) is 124 cm³/mol. The second-order valence-corrected chi connectivity index (χ2v) is 8.14. The van der Waals surface area contributed by atoms with Gasteiger partial charge >= 0.3 is 0 Å². The van der Waals surface area contributed by atoms with Gasteiger partial charge in [-0.1, -0.05) is 36.4 Å². The number of rotatable bonds is 4. The van der Waals surface area contributed by atoms with E-state index in [1.165, 1.54) is 17.0 Å². The summed E-state index contributed by atoms with van der Waals surface area (Å²) in [5.41, 5.74) is 8.17. The van der Waals surface area contributed by atoms with Crippen molar-refractivity contribution in [3.05, 3.63) is 107 Å². The molecule has 3 amide bonds. The molecule has 7 nitrogen and oxygen atoms in total. The Kier molecular flexibility index (Phi) is 5.33. The lowest BCUT2D eigenvalue weighted by atomic mass is 9.97. The summed E-state index contributed by atoms with van der Waals surface area (Å²) in [7, 11) is 1.94. The minimum absolute atomic E-state index is 0.194. The van der Waals surface area contributed by atoms with Crippen LogP contribution in [0.4, 0.5) is 4.39 Å². The lowest BCUT2D eigenvalue weighted by Gasteiger charge is -2.25. The maximum absolute atomic E-state index is 13.3. The highest BCUT2D eigenvalue weighted by molar-refractivity contribution is 6.03. The minimum atomic E-state index is -0.588. The first-order chi connectivity index (χ1) is 16.4. The van der Waals surface area contributed by atoms with Crippen LogP contribution in [0.1, 0.15) is 37.9 Å². The Labute approximate surface area is 194 Å². The zero-order valence-corrected chi connectivity index (χ0v) is 18.3. The van der Waals surface area contributed by atoms with Crippen LogP contribution in [-0.2, 0) is 11.8 Å². The second kappa shape index (κ2) is 8.47. The van der Waals surface area contributed by atoms with Crippen LogP contribution in [-0.4, -0.2) is 33.7 Å². The van der Waals surface area contributed by atoms with Gasteiger partial charge in [0.05, 0.1) is 6.04 Å². The first-order valence-electron chi connectivity index (χ1n) is 10.7. The van der Waals surface area contributed by atoms with Gasteiger partial charge in [0.2, 0.25) is 0 Å². The monoisotopic (exact) mass is 456 g/mol.